The van der Waals surface area contributed by atoms with E-state index in [0.29, 0.717) is 0 Å². The van der Waals surface area contributed by atoms with Crippen LogP contribution in [0.25, 0.3) is 0 Å². The summed E-state index contributed by atoms with van der Waals surface area (Å²) in [6.45, 7) is 3.59. The van der Waals surface area contributed by atoms with Crippen molar-refractivity contribution in [2.24, 2.45) is 0 Å². The number of rotatable bonds is 5. The highest BCUT2D eigenvalue weighted by Crippen LogP contribution is 2.00. The summed E-state index contributed by atoms with van der Waals surface area (Å²) in [6.07, 6.45) is 3.21. The molecule has 1 nitrogen and oxygen atoms in total. The summed E-state index contributed by atoms with van der Waals surface area (Å²) in [6, 6.07) is 10.2. The topological polar surface area (TPSA) is 9.23 Å². The molecule has 0 aliphatic carbocycles. The molecule has 0 bridgehead atoms. The minimum Gasteiger partial charge on any atom is -0.376 e. The fraction of sp³-hybridized carbons (Fsp3) is 0.364. The Morgan fingerprint density at radius 3 is 2.67 bits per heavy atom. The second-order valence-corrected chi connectivity index (χ2v) is 2.70. The van der Waals surface area contributed by atoms with Gasteiger partial charge in [0, 0.05) is 0 Å². The Labute approximate surface area is 74.4 Å². The molecular formula is C11H15O. The van der Waals surface area contributed by atoms with E-state index in [4.69, 9.17) is 4.74 Å². The lowest BCUT2D eigenvalue weighted by molar-refractivity contribution is 0.139. The molecule has 0 amide bonds. The van der Waals surface area contributed by atoms with Gasteiger partial charge in [-0.15, -0.1) is 0 Å². The number of benzene rings is 1. The first kappa shape index (κ1) is 9.27. The predicted octanol–water partition coefficient (Wildman–Crippen LogP) is 2.82. The van der Waals surface area contributed by atoms with Gasteiger partial charge in [-0.1, -0.05) is 43.7 Å². The van der Waals surface area contributed by atoms with Gasteiger partial charge < -0.3 is 4.74 Å². The second kappa shape index (κ2) is 5.78. The van der Waals surface area contributed by atoms with Crippen LogP contribution in [-0.2, 0) is 11.3 Å². The third-order valence-electron chi connectivity index (χ3n) is 1.64. The van der Waals surface area contributed by atoms with E-state index in [0.717, 1.165) is 19.6 Å². The summed E-state index contributed by atoms with van der Waals surface area (Å²) in [5.41, 5.74) is 1.24. The van der Waals surface area contributed by atoms with Gasteiger partial charge in [-0.2, -0.15) is 0 Å². The van der Waals surface area contributed by atoms with E-state index in [1.165, 1.54) is 5.56 Å². The molecule has 0 spiro atoms. The first-order chi connectivity index (χ1) is 5.93. The SMILES string of the molecule is CC[CH]COCc1ccccc1. The Morgan fingerprint density at radius 1 is 1.25 bits per heavy atom. The summed E-state index contributed by atoms with van der Waals surface area (Å²) in [5, 5.41) is 0. The number of ether oxygens (including phenoxy) is 1. The highest BCUT2D eigenvalue weighted by molar-refractivity contribution is 5.13. The van der Waals surface area contributed by atoms with Gasteiger partial charge in [-0.05, 0) is 12.0 Å². The van der Waals surface area contributed by atoms with Crippen LogP contribution in [0.3, 0.4) is 0 Å². The molecule has 1 radical (unpaired) electrons. The van der Waals surface area contributed by atoms with Crippen LogP contribution in [0.4, 0.5) is 0 Å². The standard InChI is InChI=1S/C11H15O/c1-2-3-9-12-10-11-7-5-4-6-8-11/h3-8H,2,9-10H2,1H3. The van der Waals surface area contributed by atoms with Gasteiger partial charge in [0.2, 0.25) is 0 Å². The Hall–Kier alpha value is -0.820. The lowest BCUT2D eigenvalue weighted by atomic mass is 10.2. The van der Waals surface area contributed by atoms with Gasteiger partial charge in [0.1, 0.15) is 0 Å². The van der Waals surface area contributed by atoms with Crippen LogP contribution in [0.5, 0.6) is 0 Å². The molecule has 1 rings (SSSR count). The Kier molecular flexibility index (Phi) is 4.47. The molecule has 0 fully saturated rings. The van der Waals surface area contributed by atoms with E-state index >= 15 is 0 Å². The van der Waals surface area contributed by atoms with Crippen LogP contribution in [0.2, 0.25) is 0 Å². The molecule has 0 saturated carbocycles. The van der Waals surface area contributed by atoms with Crippen LogP contribution >= 0.6 is 0 Å². The third kappa shape index (κ3) is 3.54. The van der Waals surface area contributed by atoms with E-state index < -0.39 is 0 Å². The largest absolute Gasteiger partial charge is 0.376 e. The van der Waals surface area contributed by atoms with Crippen molar-refractivity contribution in [3.63, 3.8) is 0 Å². The first-order valence-corrected chi connectivity index (χ1v) is 4.37. The van der Waals surface area contributed by atoms with Crippen molar-refractivity contribution in [2.45, 2.75) is 20.0 Å². The summed E-state index contributed by atoms with van der Waals surface area (Å²) in [7, 11) is 0. The Bertz CT molecular complexity index is 193. The molecule has 0 atom stereocenters. The van der Waals surface area contributed by atoms with E-state index in [1.54, 1.807) is 0 Å². The summed E-state index contributed by atoms with van der Waals surface area (Å²) in [5.74, 6) is 0. The van der Waals surface area contributed by atoms with Crippen molar-refractivity contribution in [1.29, 1.82) is 0 Å². The fourth-order valence-corrected chi connectivity index (χ4v) is 0.952. The summed E-state index contributed by atoms with van der Waals surface area (Å²) in [4.78, 5) is 0. The van der Waals surface area contributed by atoms with Crippen LogP contribution < -0.4 is 0 Å². The maximum atomic E-state index is 5.40. The molecule has 0 aliphatic rings. The zero-order valence-corrected chi connectivity index (χ0v) is 7.49. The lowest BCUT2D eigenvalue weighted by Crippen LogP contribution is -1.94. The lowest BCUT2D eigenvalue weighted by Gasteiger charge is -2.01. The smallest absolute Gasteiger partial charge is 0.0717 e. The Balaban J connectivity index is 2.16. The van der Waals surface area contributed by atoms with E-state index in [-0.39, 0.29) is 0 Å². The average molecular weight is 163 g/mol. The monoisotopic (exact) mass is 163 g/mol. The second-order valence-electron chi connectivity index (χ2n) is 2.70. The van der Waals surface area contributed by atoms with E-state index in [2.05, 4.69) is 25.5 Å². The third-order valence-corrected chi connectivity index (χ3v) is 1.64. The van der Waals surface area contributed by atoms with Crippen molar-refractivity contribution in [1.82, 2.24) is 0 Å². The molecule has 1 heteroatoms. The average Bonchev–Trinajstić information content (AvgIpc) is 2.14. The Morgan fingerprint density at radius 2 is 2.00 bits per heavy atom. The number of unbranched alkanes of at least 4 members (excludes halogenated alkanes) is 1. The van der Waals surface area contributed by atoms with Crippen molar-refractivity contribution < 1.29 is 4.74 Å². The van der Waals surface area contributed by atoms with Crippen molar-refractivity contribution in [2.75, 3.05) is 6.61 Å². The fourth-order valence-electron chi connectivity index (χ4n) is 0.952. The zero-order chi connectivity index (χ0) is 8.65. The van der Waals surface area contributed by atoms with Crippen LogP contribution in [0, 0.1) is 6.42 Å². The predicted molar refractivity (Wildman–Crippen MR) is 50.7 cm³/mol. The first-order valence-electron chi connectivity index (χ1n) is 4.37. The minimum absolute atomic E-state index is 0.720. The molecule has 0 heterocycles. The molecule has 1 aromatic rings. The van der Waals surface area contributed by atoms with Gasteiger partial charge in [0.05, 0.1) is 13.2 Å². The maximum absolute atomic E-state index is 5.40. The van der Waals surface area contributed by atoms with Gasteiger partial charge in [-0.3, -0.25) is 0 Å². The van der Waals surface area contributed by atoms with Gasteiger partial charge in [0.25, 0.3) is 0 Å². The molecule has 0 aromatic heterocycles. The van der Waals surface area contributed by atoms with Gasteiger partial charge in [0.15, 0.2) is 0 Å². The normalized spacial score (nSPS) is 10.1. The number of hydrogen-bond donors (Lipinski definition) is 0. The van der Waals surface area contributed by atoms with E-state index in [1.807, 2.05) is 18.2 Å². The molecule has 0 aliphatic heterocycles. The quantitative estimate of drug-likeness (QED) is 0.606. The molecule has 1 aromatic carbocycles. The highest BCUT2D eigenvalue weighted by atomic mass is 16.5. The van der Waals surface area contributed by atoms with Crippen LogP contribution in [-0.4, -0.2) is 6.61 Å². The summed E-state index contributed by atoms with van der Waals surface area (Å²) < 4.78 is 5.40. The highest BCUT2D eigenvalue weighted by Gasteiger charge is 1.90. The molecule has 65 valence electrons. The van der Waals surface area contributed by atoms with Gasteiger partial charge in [-0.25, -0.2) is 0 Å². The van der Waals surface area contributed by atoms with E-state index in [9.17, 15) is 0 Å². The van der Waals surface area contributed by atoms with Crippen molar-refractivity contribution in [3.05, 3.63) is 42.3 Å². The van der Waals surface area contributed by atoms with Crippen molar-refractivity contribution in [3.8, 4) is 0 Å². The molecule has 0 unspecified atom stereocenters. The van der Waals surface area contributed by atoms with Crippen molar-refractivity contribution >= 4 is 0 Å². The zero-order valence-electron chi connectivity index (χ0n) is 7.49. The maximum Gasteiger partial charge on any atom is 0.0717 e. The van der Waals surface area contributed by atoms with Crippen LogP contribution in [0.15, 0.2) is 30.3 Å². The molecule has 12 heavy (non-hydrogen) atoms. The van der Waals surface area contributed by atoms with Gasteiger partial charge >= 0.3 is 0 Å². The van der Waals surface area contributed by atoms with Crippen LogP contribution in [0.1, 0.15) is 18.9 Å². The summed E-state index contributed by atoms with van der Waals surface area (Å²) >= 11 is 0. The molecule has 0 N–H and O–H groups in total. The molecule has 0 saturated heterocycles. The minimum atomic E-state index is 0.720. The number of hydrogen-bond acceptors (Lipinski definition) is 1. The molecular weight excluding hydrogens is 148 g/mol.